The summed E-state index contributed by atoms with van der Waals surface area (Å²) in [6, 6.07) is 1.87. The van der Waals surface area contributed by atoms with Crippen LogP contribution < -0.4 is 0 Å². The Bertz CT molecular complexity index is 733. The molecule has 0 radical (unpaired) electrons. The molecule has 0 aliphatic carbocycles. The van der Waals surface area contributed by atoms with Gasteiger partial charge in [-0.25, -0.2) is 4.98 Å². The zero-order valence-corrected chi connectivity index (χ0v) is 16.0. The molecule has 3 heterocycles. The molecule has 6 heteroatoms. The fourth-order valence-corrected chi connectivity index (χ4v) is 4.34. The number of rotatable bonds is 2. The second-order valence-electron chi connectivity index (χ2n) is 7.68. The van der Waals surface area contributed by atoms with Gasteiger partial charge in [-0.05, 0) is 25.8 Å². The number of carbonyl (C=O) groups excluding carboxylic acids is 1. The van der Waals surface area contributed by atoms with Crippen molar-refractivity contribution >= 4 is 17.2 Å². The van der Waals surface area contributed by atoms with Gasteiger partial charge in [-0.15, -0.1) is 11.3 Å². The summed E-state index contributed by atoms with van der Waals surface area (Å²) in [6.07, 6.45) is 1.97. The predicted octanol–water partition coefficient (Wildman–Crippen LogP) is 3.50. The minimum Gasteiger partial charge on any atom is -0.337 e. The van der Waals surface area contributed by atoms with Crippen molar-refractivity contribution in [2.24, 2.45) is 7.05 Å². The van der Waals surface area contributed by atoms with Gasteiger partial charge in [0.1, 0.15) is 5.69 Å². The van der Waals surface area contributed by atoms with Gasteiger partial charge in [-0.3, -0.25) is 9.48 Å². The van der Waals surface area contributed by atoms with E-state index < -0.39 is 0 Å². The van der Waals surface area contributed by atoms with E-state index in [1.165, 1.54) is 10.7 Å². The fourth-order valence-electron chi connectivity index (χ4n) is 3.12. The van der Waals surface area contributed by atoms with Gasteiger partial charge >= 0.3 is 0 Å². The molecule has 0 bridgehead atoms. The third-order valence-corrected chi connectivity index (χ3v) is 5.65. The number of aromatic nitrogens is 3. The van der Waals surface area contributed by atoms with Crippen LogP contribution in [0.25, 0.3) is 0 Å². The van der Waals surface area contributed by atoms with E-state index in [-0.39, 0.29) is 11.3 Å². The number of hydrogen-bond acceptors (Lipinski definition) is 4. The van der Waals surface area contributed by atoms with Gasteiger partial charge in [0.15, 0.2) is 0 Å². The second-order valence-corrected chi connectivity index (χ2v) is 8.57. The summed E-state index contributed by atoms with van der Waals surface area (Å²) >= 11 is 1.77. The predicted molar refractivity (Wildman–Crippen MR) is 96.6 cm³/mol. The molecule has 2 aromatic heterocycles. The van der Waals surface area contributed by atoms with Crippen molar-refractivity contribution in [3.05, 3.63) is 33.5 Å². The maximum absolute atomic E-state index is 12.7. The van der Waals surface area contributed by atoms with E-state index in [1.54, 1.807) is 16.0 Å². The van der Waals surface area contributed by atoms with E-state index in [9.17, 15) is 4.79 Å². The molecular weight excluding hydrogens is 320 g/mol. The van der Waals surface area contributed by atoms with Crippen LogP contribution in [0, 0.1) is 6.92 Å². The first kappa shape index (κ1) is 17.1. The molecule has 24 heavy (non-hydrogen) atoms. The lowest BCUT2D eigenvalue weighted by atomic mass is 9.93. The summed E-state index contributed by atoms with van der Waals surface area (Å²) in [5.41, 5.74) is 2.83. The van der Waals surface area contributed by atoms with Crippen LogP contribution in [-0.2, 0) is 12.5 Å². The quantitative estimate of drug-likeness (QED) is 0.836. The molecule has 3 rings (SSSR count). The van der Waals surface area contributed by atoms with E-state index in [1.807, 2.05) is 24.9 Å². The molecule has 1 aliphatic heterocycles. The number of carbonyl (C=O) groups is 1. The van der Waals surface area contributed by atoms with Gasteiger partial charge in [-0.1, -0.05) is 20.8 Å². The van der Waals surface area contributed by atoms with Gasteiger partial charge in [0, 0.05) is 36.9 Å². The van der Waals surface area contributed by atoms with Crippen molar-refractivity contribution in [2.45, 2.75) is 51.9 Å². The Morgan fingerprint density at radius 1 is 1.29 bits per heavy atom. The Morgan fingerprint density at radius 2 is 1.96 bits per heavy atom. The van der Waals surface area contributed by atoms with E-state index in [2.05, 4.69) is 31.2 Å². The van der Waals surface area contributed by atoms with Gasteiger partial charge in [0.05, 0.1) is 16.4 Å². The molecule has 0 aromatic carbocycles. The molecule has 5 nitrogen and oxygen atoms in total. The van der Waals surface area contributed by atoms with Crippen molar-refractivity contribution in [3.63, 3.8) is 0 Å². The van der Waals surface area contributed by atoms with Crippen LogP contribution in [-0.4, -0.2) is 38.7 Å². The summed E-state index contributed by atoms with van der Waals surface area (Å²) in [5.74, 6) is 0.564. The number of aryl methyl sites for hydroxylation is 2. The molecule has 1 fully saturated rings. The molecule has 1 aliphatic rings. The molecule has 1 amide bonds. The summed E-state index contributed by atoms with van der Waals surface area (Å²) < 4.78 is 1.68. The van der Waals surface area contributed by atoms with E-state index in [0.29, 0.717) is 11.6 Å². The molecular formula is C18H26N4OS. The van der Waals surface area contributed by atoms with E-state index in [4.69, 9.17) is 4.98 Å². The van der Waals surface area contributed by atoms with Crippen molar-refractivity contribution in [2.75, 3.05) is 13.1 Å². The first-order chi connectivity index (χ1) is 11.3. The lowest BCUT2D eigenvalue weighted by molar-refractivity contribution is 0.0701. The summed E-state index contributed by atoms with van der Waals surface area (Å²) in [6.45, 7) is 10.1. The molecule has 130 valence electrons. The third kappa shape index (κ3) is 3.38. The van der Waals surface area contributed by atoms with Crippen molar-refractivity contribution in [1.29, 1.82) is 0 Å². The van der Waals surface area contributed by atoms with Crippen molar-refractivity contribution in [1.82, 2.24) is 19.7 Å². The van der Waals surface area contributed by atoms with Gasteiger partial charge in [-0.2, -0.15) is 5.10 Å². The lowest BCUT2D eigenvalue weighted by Crippen LogP contribution is -2.38. The largest absolute Gasteiger partial charge is 0.337 e. The number of hydrogen-bond donors (Lipinski definition) is 0. The average molecular weight is 347 g/mol. The number of piperidine rings is 1. The summed E-state index contributed by atoms with van der Waals surface area (Å²) in [7, 11) is 1.83. The normalized spacial score (nSPS) is 16.6. The highest BCUT2D eigenvalue weighted by molar-refractivity contribution is 7.09. The highest BCUT2D eigenvalue weighted by Gasteiger charge is 2.28. The maximum atomic E-state index is 12.7. The molecule has 2 aromatic rings. The van der Waals surface area contributed by atoms with E-state index in [0.717, 1.165) is 31.6 Å². The number of nitrogens with zero attached hydrogens (tertiary/aromatic N) is 4. The number of amides is 1. The van der Waals surface area contributed by atoms with Crippen LogP contribution in [0.2, 0.25) is 0 Å². The van der Waals surface area contributed by atoms with Crippen LogP contribution >= 0.6 is 11.3 Å². The Hall–Kier alpha value is -1.69. The Labute approximate surface area is 147 Å². The second kappa shape index (κ2) is 6.31. The number of thiazole rings is 1. The Balaban J connectivity index is 1.64. The zero-order valence-electron chi connectivity index (χ0n) is 15.2. The van der Waals surface area contributed by atoms with Crippen LogP contribution in [0.15, 0.2) is 11.4 Å². The molecule has 0 atom stereocenters. The monoisotopic (exact) mass is 346 g/mol. The first-order valence-corrected chi connectivity index (χ1v) is 9.39. The van der Waals surface area contributed by atoms with Gasteiger partial charge < -0.3 is 4.90 Å². The molecule has 0 saturated carbocycles. The third-order valence-electron chi connectivity index (χ3n) is 4.64. The van der Waals surface area contributed by atoms with Crippen molar-refractivity contribution in [3.8, 4) is 0 Å². The fraction of sp³-hybridized carbons (Fsp3) is 0.611. The Kier molecular flexibility index (Phi) is 4.51. The number of likely N-dealkylation sites (tertiary alicyclic amines) is 1. The van der Waals surface area contributed by atoms with Crippen molar-refractivity contribution < 1.29 is 4.79 Å². The maximum Gasteiger partial charge on any atom is 0.272 e. The van der Waals surface area contributed by atoms with Gasteiger partial charge in [0.25, 0.3) is 5.91 Å². The van der Waals surface area contributed by atoms with Crippen LogP contribution in [0.3, 0.4) is 0 Å². The SMILES string of the molecule is Cc1cc(C(=O)N2CCC(c3nc(C(C)(C)C)cs3)CC2)n(C)n1. The first-order valence-electron chi connectivity index (χ1n) is 8.51. The highest BCUT2D eigenvalue weighted by atomic mass is 32.1. The molecule has 0 spiro atoms. The summed E-state index contributed by atoms with van der Waals surface area (Å²) in [4.78, 5) is 19.5. The average Bonchev–Trinajstić information content (AvgIpc) is 3.13. The van der Waals surface area contributed by atoms with Crippen LogP contribution in [0.4, 0.5) is 0 Å². The van der Waals surface area contributed by atoms with Crippen LogP contribution in [0.1, 0.15) is 66.4 Å². The minimum absolute atomic E-state index is 0.0890. The minimum atomic E-state index is 0.0890. The standard InChI is InChI=1S/C18H26N4OS/c1-12-10-14(21(5)20-12)17(23)22-8-6-13(7-9-22)16-19-15(11-24-16)18(2,3)4/h10-11,13H,6-9H2,1-5H3. The van der Waals surface area contributed by atoms with E-state index >= 15 is 0 Å². The molecule has 1 saturated heterocycles. The summed E-state index contributed by atoms with van der Waals surface area (Å²) in [5, 5.41) is 7.69. The zero-order chi connectivity index (χ0) is 17.5. The van der Waals surface area contributed by atoms with Crippen LogP contribution in [0.5, 0.6) is 0 Å². The lowest BCUT2D eigenvalue weighted by Gasteiger charge is -2.31. The molecule has 0 unspecified atom stereocenters. The smallest absolute Gasteiger partial charge is 0.272 e. The highest BCUT2D eigenvalue weighted by Crippen LogP contribution is 2.33. The van der Waals surface area contributed by atoms with Gasteiger partial charge in [0.2, 0.25) is 0 Å². The molecule has 0 N–H and O–H groups in total. The Morgan fingerprint density at radius 3 is 2.46 bits per heavy atom. The topological polar surface area (TPSA) is 51.0 Å².